The summed E-state index contributed by atoms with van der Waals surface area (Å²) in [5.41, 5.74) is 2.48. The van der Waals surface area contributed by atoms with Gasteiger partial charge in [-0.15, -0.1) is 0 Å². The van der Waals surface area contributed by atoms with Crippen LogP contribution in [0.25, 0.3) is 0 Å². The number of amides is 1. The molecule has 0 aliphatic rings. The van der Waals surface area contributed by atoms with Gasteiger partial charge in [0.15, 0.2) is 0 Å². The standard InChI is InChI=1S/C11H17ClN4O2/c1-7(2)16(5-6-17)11(18)10-8(12)3-4-9(14-10)15-13/h3-4,7,17H,5-6,13H2,1-2H3,(H,14,15). The van der Waals surface area contributed by atoms with Crippen LogP contribution in [0, 0.1) is 0 Å². The first kappa shape index (κ1) is 14.7. The quantitative estimate of drug-likeness (QED) is 0.546. The number of hydrogen-bond donors (Lipinski definition) is 3. The van der Waals surface area contributed by atoms with Crippen molar-refractivity contribution < 1.29 is 9.90 Å². The zero-order valence-electron chi connectivity index (χ0n) is 10.4. The number of nitrogen functional groups attached to an aromatic ring is 1. The summed E-state index contributed by atoms with van der Waals surface area (Å²) in [5, 5.41) is 9.22. The minimum atomic E-state index is -0.332. The Bertz CT molecular complexity index is 426. The zero-order chi connectivity index (χ0) is 13.7. The molecule has 1 aromatic rings. The molecule has 0 aliphatic heterocycles. The monoisotopic (exact) mass is 272 g/mol. The molecule has 1 rings (SSSR count). The van der Waals surface area contributed by atoms with E-state index in [-0.39, 0.29) is 35.8 Å². The number of halogens is 1. The summed E-state index contributed by atoms with van der Waals surface area (Å²) in [6.07, 6.45) is 0. The van der Waals surface area contributed by atoms with Crippen molar-refractivity contribution in [2.75, 3.05) is 18.6 Å². The van der Waals surface area contributed by atoms with Crippen LogP contribution in [0.15, 0.2) is 12.1 Å². The summed E-state index contributed by atoms with van der Waals surface area (Å²) in [6, 6.07) is 3.07. The molecule has 0 aromatic carbocycles. The molecule has 0 radical (unpaired) electrons. The molecule has 0 bridgehead atoms. The summed E-state index contributed by atoms with van der Waals surface area (Å²) < 4.78 is 0. The number of aromatic nitrogens is 1. The van der Waals surface area contributed by atoms with E-state index in [9.17, 15) is 4.79 Å². The molecule has 1 amide bonds. The van der Waals surface area contributed by atoms with Crippen LogP contribution in [0.3, 0.4) is 0 Å². The van der Waals surface area contributed by atoms with Gasteiger partial charge in [0.1, 0.15) is 11.5 Å². The number of rotatable bonds is 5. The number of hydrogen-bond acceptors (Lipinski definition) is 5. The Hall–Kier alpha value is -1.37. The molecule has 4 N–H and O–H groups in total. The van der Waals surface area contributed by atoms with E-state index in [1.54, 1.807) is 12.1 Å². The fourth-order valence-corrected chi connectivity index (χ4v) is 1.70. The predicted molar refractivity (Wildman–Crippen MR) is 70.3 cm³/mol. The lowest BCUT2D eigenvalue weighted by Gasteiger charge is -2.25. The van der Waals surface area contributed by atoms with Crippen LogP contribution in [-0.2, 0) is 0 Å². The predicted octanol–water partition coefficient (Wildman–Crippen LogP) is 0.864. The van der Waals surface area contributed by atoms with Crippen molar-refractivity contribution in [1.29, 1.82) is 0 Å². The molecule has 0 unspecified atom stereocenters. The van der Waals surface area contributed by atoms with Crippen LogP contribution < -0.4 is 11.3 Å². The molecule has 1 heterocycles. The number of nitrogens with two attached hydrogens (primary N) is 1. The van der Waals surface area contributed by atoms with Gasteiger partial charge in [-0.2, -0.15) is 0 Å². The van der Waals surface area contributed by atoms with Crippen molar-refractivity contribution in [3.05, 3.63) is 22.8 Å². The number of carbonyl (C=O) groups excluding carboxylic acids is 1. The number of aliphatic hydroxyl groups excluding tert-OH is 1. The minimum Gasteiger partial charge on any atom is -0.395 e. The molecule has 0 aliphatic carbocycles. The van der Waals surface area contributed by atoms with Crippen molar-refractivity contribution in [3.63, 3.8) is 0 Å². The van der Waals surface area contributed by atoms with Crippen LogP contribution in [0.4, 0.5) is 5.82 Å². The number of pyridine rings is 1. The van der Waals surface area contributed by atoms with E-state index >= 15 is 0 Å². The normalized spacial score (nSPS) is 10.6. The number of anilines is 1. The number of hydrazine groups is 1. The van der Waals surface area contributed by atoms with E-state index in [0.29, 0.717) is 5.82 Å². The molecule has 0 atom stereocenters. The first-order chi connectivity index (χ1) is 8.51. The lowest BCUT2D eigenvalue weighted by atomic mass is 10.2. The lowest BCUT2D eigenvalue weighted by molar-refractivity contribution is 0.0659. The second-order valence-electron chi connectivity index (χ2n) is 3.99. The summed E-state index contributed by atoms with van der Waals surface area (Å²) in [4.78, 5) is 17.8. The summed E-state index contributed by atoms with van der Waals surface area (Å²) >= 11 is 5.96. The van der Waals surface area contributed by atoms with E-state index in [4.69, 9.17) is 22.6 Å². The first-order valence-electron chi connectivity index (χ1n) is 5.56. The molecule has 1 aromatic heterocycles. The van der Waals surface area contributed by atoms with Gasteiger partial charge in [-0.3, -0.25) is 4.79 Å². The first-order valence-corrected chi connectivity index (χ1v) is 5.94. The Morgan fingerprint density at radius 2 is 2.28 bits per heavy atom. The van der Waals surface area contributed by atoms with Crippen LogP contribution in [-0.4, -0.2) is 40.1 Å². The van der Waals surface area contributed by atoms with Gasteiger partial charge in [-0.1, -0.05) is 11.6 Å². The van der Waals surface area contributed by atoms with E-state index in [0.717, 1.165) is 0 Å². The molecule has 0 fully saturated rings. The number of nitrogens with zero attached hydrogens (tertiary/aromatic N) is 2. The van der Waals surface area contributed by atoms with E-state index in [1.807, 2.05) is 13.8 Å². The van der Waals surface area contributed by atoms with Crippen molar-refractivity contribution in [2.45, 2.75) is 19.9 Å². The third kappa shape index (κ3) is 3.32. The highest BCUT2D eigenvalue weighted by Crippen LogP contribution is 2.19. The minimum absolute atomic E-state index is 0.0583. The Morgan fingerprint density at radius 1 is 1.61 bits per heavy atom. The summed E-state index contributed by atoms with van der Waals surface area (Å²) in [7, 11) is 0. The molecule has 100 valence electrons. The second-order valence-corrected chi connectivity index (χ2v) is 4.39. The third-order valence-corrected chi connectivity index (χ3v) is 2.73. The third-order valence-electron chi connectivity index (χ3n) is 2.42. The maximum absolute atomic E-state index is 12.3. The summed E-state index contributed by atoms with van der Waals surface area (Å²) in [6.45, 7) is 3.82. The van der Waals surface area contributed by atoms with E-state index < -0.39 is 0 Å². The molecule has 0 spiro atoms. The Labute approximate surface area is 111 Å². The summed E-state index contributed by atoms with van der Waals surface area (Å²) in [5.74, 6) is 5.27. The van der Waals surface area contributed by atoms with Gasteiger partial charge < -0.3 is 15.4 Å². The van der Waals surface area contributed by atoms with Crippen molar-refractivity contribution in [1.82, 2.24) is 9.88 Å². The molecule has 7 heteroatoms. The average molecular weight is 273 g/mol. The largest absolute Gasteiger partial charge is 0.395 e. The second kappa shape index (κ2) is 6.53. The van der Waals surface area contributed by atoms with E-state index in [2.05, 4.69) is 10.4 Å². The number of carbonyl (C=O) groups is 1. The molecule has 6 nitrogen and oxygen atoms in total. The highest BCUT2D eigenvalue weighted by atomic mass is 35.5. The van der Waals surface area contributed by atoms with Gasteiger partial charge >= 0.3 is 0 Å². The van der Waals surface area contributed by atoms with Crippen molar-refractivity contribution in [2.24, 2.45) is 5.84 Å². The molecule has 0 saturated heterocycles. The van der Waals surface area contributed by atoms with Crippen LogP contribution in [0.1, 0.15) is 24.3 Å². The van der Waals surface area contributed by atoms with Gasteiger partial charge in [0, 0.05) is 12.6 Å². The average Bonchev–Trinajstić information content (AvgIpc) is 2.35. The molecule has 18 heavy (non-hydrogen) atoms. The van der Waals surface area contributed by atoms with Gasteiger partial charge in [0.05, 0.1) is 11.6 Å². The number of nitrogens with one attached hydrogen (secondary N) is 1. The van der Waals surface area contributed by atoms with Crippen LogP contribution >= 0.6 is 11.6 Å². The van der Waals surface area contributed by atoms with E-state index in [1.165, 1.54) is 4.90 Å². The SMILES string of the molecule is CC(C)N(CCO)C(=O)c1nc(NN)ccc1Cl. The zero-order valence-corrected chi connectivity index (χ0v) is 11.1. The molecule has 0 saturated carbocycles. The fraction of sp³-hybridized carbons (Fsp3) is 0.455. The molecular formula is C11H17ClN4O2. The maximum atomic E-state index is 12.3. The Kier molecular flexibility index (Phi) is 5.33. The lowest BCUT2D eigenvalue weighted by Crippen LogP contribution is -2.39. The number of aliphatic hydroxyl groups is 1. The Balaban J connectivity index is 3.07. The maximum Gasteiger partial charge on any atom is 0.274 e. The Morgan fingerprint density at radius 3 is 2.78 bits per heavy atom. The highest BCUT2D eigenvalue weighted by Gasteiger charge is 2.22. The highest BCUT2D eigenvalue weighted by molar-refractivity contribution is 6.33. The van der Waals surface area contributed by atoms with Gasteiger partial charge in [0.25, 0.3) is 5.91 Å². The fourth-order valence-electron chi connectivity index (χ4n) is 1.51. The van der Waals surface area contributed by atoms with Crippen molar-refractivity contribution in [3.8, 4) is 0 Å². The van der Waals surface area contributed by atoms with Gasteiger partial charge in [0.2, 0.25) is 0 Å². The smallest absolute Gasteiger partial charge is 0.274 e. The topological polar surface area (TPSA) is 91.5 Å². The van der Waals surface area contributed by atoms with Crippen LogP contribution in [0.2, 0.25) is 5.02 Å². The van der Waals surface area contributed by atoms with Gasteiger partial charge in [-0.05, 0) is 26.0 Å². The van der Waals surface area contributed by atoms with Crippen LogP contribution in [0.5, 0.6) is 0 Å². The van der Waals surface area contributed by atoms with Gasteiger partial charge in [-0.25, -0.2) is 10.8 Å². The van der Waals surface area contributed by atoms with Crippen molar-refractivity contribution >= 4 is 23.3 Å². The molecular weight excluding hydrogens is 256 g/mol.